The van der Waals surface area contributed by atoms with Crippen molar-refractivity contribution in [2.45, 2.75) is 26.5 Å². The van der Waals surface area contributed by atoms with E-state index in [1.165, 1.54) is 11.3 Å². The lowest BCUT2D eigenvalue weighted by atomic mass is 9.96. The van der Waals surface area contributed by atoms with Crippen molar-refractivity contribution < 1.29 is 23.7 Å². The van der Waals surface area contributed by atoms with Crippen molar-refractivity contribution in [1.82, 2.24) is 4.57 Å². The molecular formula is C34H31BrN2O6S. The van der Waals surface area contributed by atoms with Gasteiger partial charge < -0.3 is 18.9 Å². The van der Waals surface area contributed by atoms with Crippen molar-refractivity contribution in [2.24, 2.45) is 4.99 Å². The monoisotopic (exact) mass is 674 g/mol. The molecule has 3 aromatic carbocycles. The van der Waals surface area contributed by atoms with Gasteiger partial charge in [-0.15, -0.1) is 0 Å². The van der Waals surface area contributed by atoms with Crippen molar-refractivity contribution in [3.63, 3.8) is 0 Å². The summed E-state index contributed by atoms with van der Waals surface area (Å²) in [6.07, 6.45) is 3.44. The zero-order valence-electron chi connectivity index (χ0n) is 24.5. The fourth-order valence-corrected chi connectivity index (χ4v) is 6.29. The van der Waals surface area contributed by atoms with Crippen molar-refractivity contribution in [2.75, 3.05) is 20.3 Å². The molecule has 8 nitrogen and oxygen atoms in total. The third-order valence-electron chi connectivity index (χ3n) is 6.89. The van der Waals surface area contributed by atoms with Crippen LogP contribution in [0, 0.1) is 0 Å². The molecule has 2 heterocycles. The van der Waals surface area contributed by atoms with Gasteiger partial charge in [-0.25, -0.2) is 9.79 Å². The first-order chi connectivity index (χ1) is 21.3. The Hall–Kier alpha value is -4.41. The molecule has 1 aliphatic heterocycles. The third kappa shape index (κ3) is 6.56. The smallest absolute Gasteiger partial charge is 0.338 e. The molecule has 1 atom stereocenters. The molecule has 1 aliphatic rings. The molecule has 10 heteroatoms. The zero-order chi connectivity index (χ0) is 31.2. The van der Waals surface area contributed by atoms with Crippen LogP contribution in [-0.4, -0.2) is 30.9 Å². The van der Waals surface area contributed by atoms with E-state index >= 15 is 0 Å². The Morgan fingerprint density at radius 2 is 1.84 bits per heavy atom. The maximum Gasteiger partial charge on any atom is 0.338 e. The largest absolute Gasteiger partial charge is 0.493 e. The number of esters is 1. The number of benzene rings is 3. The van der Waals surface area contributed by atoms with Crippen LogP contribution < -0.4 is 29.1 Å². The number of halogens is 1. The fourth-order valence-electron chi connectivity index (χ4n) is 4.82. The van der Waals surface area contributed by atoms with Crippen LogP contribution in [0.25, 0.3) is 6.08 Å². The average Bonchev–Trinajstić information content (AvgIpc) is 3.33. The maximum absolute atomic E-state index is 14.0. The molecule has 0 saturated heterocycles. The van der Waals surface area contributed by atoms with Crippen LogP contribution in [0.5, 0.6) is 17.2 Å². The molecule has 0 amide bonds. The Labute approximate surface area is 267 Å². The average molecular weight is 676 g/mol. The fraction of sp³-hybridized carbons (Fsp3) is 0.206. The molecule has 0 N–H and O–H groups in total. The van der Waals surface area contributed by atoms with Gasteiger partial charge in [-0.1, -0.05) is 82.4 Å². The van der Waals surface area contributed by atoms with Gasteiger partial charge in [-0.2, -0.15) is 0 Å². The molecule has 0 radical (unpaired) electrons. The van der Waals surface area contributed by atoms with Crippen LogP contribution in [-0.2, 0) is 16.1 Å². The quantitative estimate of drug-likeness (QED) is 0.150. The summed E-state index contributed by atoms with van der Waals surface area (Å²) >= 11 is 4.88. The maximum atomic E-state index is 14.0. The number of methoxy groups -OCH3 is 1. The summed E-state index contributed by atoms with van der Waals surface area (Å²) in [5.41, 5.74) is 3.01. The number of aromatic nitrogens is 1. The van der Waals surface area contributed by atoms with E-state index < -0.39 is 12.0 Å². The summed E-state index contributed by atoms with van der Waals surface area (Å²) in [6.45, 7) is 8.12. The van der Waals surface area contributed by atoms with E-state index in [4.69, 9.17) is 18.9 Å². The molecule has 5 rings (SSSR count). The highest BCUT2D eigenvalue weighted by atomic mass is 79.9. The van der Waals surface area contributed by atoms with Crippen molar-refractivity contribution in [3.05, 3.63) is 132 Å². The summed E-state index contributed by atoms with van der Waals surface area (Å²) in [6, 6.07) is 20.1. The summed E-state index contributed by atoms with van der Waals surface area (Å²) < 4.78 is 25.4. The van der Waals surface area contributed by atoms with Gasteiger partial charge in [-0.3, -0.25) is 9.36 Å². The Morgan fingerprint density at radius 1 is 1.09 bits per heavy atom. The molecule has 44 heavy (non-hydrogen) atoms. The topological polar surface area (TPSA) is 88.4 Å². The predicted octanol–water partition coefficient (Wildman–Crippen LogP) is 5.71. The van der Waals surface area contributed by atoms with E-state index in [9.17, 15) is 9.59 Å². The molecule has 0 fully saturated rings. The molecule has 226 valence electrons. The van der Waals surface area contributed by atoms with Gasteiger partial charge >= 0.3 is 5.97 Å². The van der Waals surface area contributed by atoms with Crippen molar-refractivity contribution >= 4 is 39.3 Å². The first kappa shape index (κ1) is 31.0. The van der Waals surface area contributed by atoms with Crippen LogP contribution in [0.2, 0.25) is 0 Å². The summed E-state index contributed by atoms with van der Waals surface area (Å²) in [5, 5.41) is 0. The van der Waals surface area contributed by atoms with Gasteiger partial charge in [-0.05, 0) is 60.9 Å². The number of carbonyl (C=O) groups excluding carboxylic acids is 1. The van der Waals surface area contributed by atoms with Gasteiger partial charge in [0.25, 0.3) is 5.56 Å². The van der Waals surface area contributed by atoms with E-state index in [1.807, 2.05) is 54.6 Å². The van der Waals surface area contributed by atoms with Gasteiger partial charge in [0.05, 0.1) is 35.6 Å². The Morgan fingerprint density at radius 3 is 2.52 bits per heavy atom. The van der Waals surface area contributed by atoms with E-state index in [2.05, 4.69) is 27.5 Å². The number of carbonyl (C=O) groups is 1. The number of nitrogens with zero attached hydrogens (tertiary/aromatic N) is 2. The van der Waals surface area contributed by atoms with Crippen LogP contribution in [0.3, 0.4) is 0 Å². The summed E-state index contributed by atoms with van der Waals surface area (Å²) in [7, 11) is 1.57. The molecule has 4 aromatic rings. The Kier molecular flexibility index (Phi) is 9.82. The highest BCUT2D eigenvalue weighted by Crippen LogP contribution is 2.35. The van der Waals surface area contributed by atoms with Gasteiger partial charge in [0.2, 0.25) is 0 Å². The molecule has 0 bridgehead atoms. The molecule has 0 saturated carbocycles. The second kappa shape index (κ2) is 13.9. The van der Waals surface area contributed by atoms with Crippen LogP contribution in [0.1, 0.15) is 36.6 Å². The normalized spacial score (nSPS) is 14.5. The van der Waals surface area contributed by atoms with Crippen LogP contribution >= 0.6 is 27.3 Å². The number of hydrogen-bond donors (Lipinski definition) is 0. The number of rotatable bonds is 11. The van der Waals surface area contributed by atoms with Crippen LogP contribution in [0.15, 0.2) is 105 Å². The van der Waals surface area contributed by atoms with Crippen LogP contribution in [0.4, 0.5) is 0 Å². The van der Waals surface area contributed by atoms with Gasteiger partial charge in [0.15, 0.2) is 16.3 Å². The highest BCUT2D eigenvalue weighted by Gasteiger charge is 2.33. The van der Waals surface area contributed by atoms with E-state index in [0.29, 0.717) is 51.1 Å². The minimum Gasteiger partial charge on any atom is -0.493 e. The second-order valence-corrected chi connectivity index (χ2v) is 11.6. The Bertz CT molecular complexity index is 1890. The molecular weight excluding hydrogens is 644 g/mol. The van der Waals surface area contributed by atoms with E-state index in [-0.39, 0.29) is 12.2 Å². The highest BCUT2D eigenvalue weighted by molar-refractivity contribution is 9.10. The lowest BCUT2D eigenvalue weighted by Gasteiger charge is -2.24. The third-order valence-corrected chi connectivity index (χ3v) is 8.56. The molecule has 0 unspecified atom stereocenters. The summed E-state index contributed by atoms with van der Waals surface area (Å²) in [4.78, 5) is 32.4. The number of allylic oxidation sites excluding steroid dienone is 1. The number of ether oxygens (including phenoxy) is 4. The van der Waals surface area contributed by atoms with Gasteiger partial charge in [0, 0.05) is 4.47 Å². The van der Waals surface area contributed by atoms with E-state index in [0.717, 1.165) is 21.2 Å². The minimum atomic E-state index is -0.729. The SMILES string of the molecule is C=CCOc1ccc([C@@H]2C(C(=O)OCC)=C(C)N=c3s/c(=C\c4cc(OC)c(OCc5ccccc5)cc4Br)c(=O)n32)cc1. The summed E-state index contributed by atoms with van der Waals surface area (Å²) in [5.74, 6) is 1.23. The minimum absolute atomic E-state index is 0.196. The van der Waals surface area contributed by atoms with E-state index in [1.54, 1.807) is 49.8 Å². The predicted molar refractivity (Wildman–Crippen MR) is 174 cm³/mol. The number of thiazole rings is 1. The first-order valence-corrected chi connectivity index (χ1v) is 15.5. The molecule has 1 aromatic heterocycles. The lowest BCUT2D eigenvalue weighted by Crippen LogP contribution is -2.39. The Balaban J connectivity index is 1.57. The zero-order valence-corrected chi connectivity index (χ0v) is 26.9. The number of hydrogen-bond acceptors (Lipinski definition) is 8. The molecule has 0 aliphatic carbocycles. The van der Waals surface area contributed by atoms with Crippen molar-refractivity contribution in [3.8, 4) is 17.2 Å². The number of fused-ring (bicyclic) bond motifs is 1. The standard InChI is InChI=1S/C34H31BrN2O6S/c1-5-16-42-25-14-12-23(13-15-25)31-30(33(39)41-6-2)21(3)36-34-37(31)32(38)29(44-34)18-24-17-27(40-4)28(19-26(24)35)43-20-22-10-8-7-9-11-22/h5,7-15,17-19,31H,1,6,16,20H2,2-4H3/b29-18-/t31-/m1/s1. The molecule has 0 spiro atoms. The van der Waals surface area contributed by atoms with Gasteiger partial charge in [0.1, 0.15) is 19.0 Å². The second-order valence-electron chi connectivity index (χ2n) is 9.77. The lowest BCUT2D eigenvalue weighted by molar-refractivity contribution is -0.139. The first-order valence-electron chi connectivity index (χ1n) is 13.9. The van der Waals surface area contributed by atoms with Crippen molar-refractivity contribution in [1.29, 1.82) is 0 Å².